The Morgan fingerprint density at radius 1 is 1.18 bits per heavy atom. The van der Waals surface area contributed by atoms with E-state index in [2.05, 4.69) is 23.2 Å². The van der Waals surface area contributed by atoms with E-state index in [4.69, 9.17) is 0 Å². The van der Waals surface area contributed by atoms with E-state index in [0.717, 1.165) is 24.1 Å². The van der Waals surface area contributed by atoms with Crippen molar-refractivity contribution in [3.8, 4) is 0 Å². The molecule has 2 nitrogen and oxygen atoms in total. The minimum atomic E-state index is -0.851. The second-order valence-electron chi connectivity index (χ2n) is 5.06. The Bertz CT molecular complexity index is 594. The maximum atomic E-state index is 11.0. The fourth-order valence-corrected chi connectivity index (χ4v) is 3.45. The molecule has 2 heteroatoms. The summed E-state index contributed by atoms with van der Waals surface area (Å²) in [4.78, 5) is 4.42. The van der Waals surface area contributed by atoms with Crippen molar-refractivity contribution in [3.05, 3.63) is 65.0 Å². The van der Waals surface area contributed by atoms with Gasteiger partial charge in [-0.2, -0.15) is 0 Å². The Balaban J connectivity index is 2.05. The van der Waals surface area contributed by atoms with Crippen LogP contribution in [0.5, 0.6) is 0 Å². The van der Waals surface area contributed by atoms with Gasteiger partial charge in [0.25, 0.3) is 0 Å². The molecule has 2 aliphatic rings. The van der Waals surface area contributed by atoms with Crippen molar-refractivity contribution in [2.24, 2.45) is 0 Å². The number of rotatable bonds is 0. The predicted octanol–water partition coefficient (Wildman–Crippen LogP) is 2.36. The number of aromatic nitrogens is 1. The third kappa shape index (κ3) is 1.06. The number of nitrogens with zero attached hydrogens (tertiary/aromatic N) is 1. The largest absolute Gasteiger partial charge is 0.379 e. The second kappa shape index (κ2) is 2.96. The first-order valence-corrected chi connectivity index (χ1v) is 6.05. The van der Waals surface area contributed by atoms with Gasteiger partial charge < -0.3 is 5.11 Å². The van der Waals surface area contributed by atoms with Crippen molar-refractivity contribution < 1.29 is 5.11 Å². The zero-order valence-electron chi connectivity index (χ0n) is 9.43. The minimum absolute atomic E-state index is 0.452. The molecule has 1 aromatic carbocycles. The fraction of sp³-hybridized carbons (Fsp3) is 0.267. The Morgan fingerprint density at radius 3 is 3.00 bits per heavy atom. The number of hydrogen-bond donors (Lipinski definition) is 1. The van der Waals surface area contributed by atoms with Crippen LogP contribution in [-0.2, 0) is 12.0 Å². The predicted molar refractivity (Wildman–Crippen MR) is 64.7 cm³/mol. The SMILES string of the molecule is O[C@]12C[C@H](Cc3cccnc31)c1ccccc12. The van der Waals surface area contributed by atoms with E-state index in [0.29, 0.717) is 5.92 Å². The van der Waals surface area contributed by atoms with E-state index in [-0.39, 0.29) is 0 Å². The second-order valence-corrected chi connectivity index (χ2v) is 5.06. The molecule has 17 heavy (non-hydrogen) atoms. The average molecular weight is 223 g/mol. The van der Waals surface area contributed by atoms with E-state index in [1.54, 1.807) is 6.20 Å². The van der Waals surface area contributed by atoms with Gasteiger partial charge in [0.05, 0.1) is 5.69 Å². The summed E-state index contributed by atoms with van der Waals surface area (Å²) in [6.07, 6.45) is 3.57. The standard InChI is InChI=1S/C15H13NO/c17-15-9-11(12-5-1-2-6-13(12)15)8-10-4-3-7-16-14(10)15/h1-7,11,17H,8-9H2/t11-,15-/m0/s1. The highest BCUT2D eigenvalue weighted by Crippen LogP contribution is 2.53. The van der Waals surface area contributed by atoms with E-state index in [1.807, 2.05) is 18.2 Å². The molecule has 84 valence electrons. The minimum Gasteiger partial charge on any atom is -0.379 e. The van der Waals surface area contributed by atoms with Gasteiger partial charge in [0.2, 0.25) is 0 Å². The first-order valence-electron chi connectivity index (χ1n) is 6.05. The summed E-state index contributed by atoms with van der Waals surface area (Å²) < 4.78 is 0. The molecule has 0 amide bonds. The lowest BCUT2D eigenvalue weighted by atomic mass is 9.81. The first kappa shape index (κ1) is 9.37. The summed E-state index contributed by atoms with van der Waals surface area (Å²) in [6, 6.07) is 12.3. The lowest BCUT2D eigenvalue weighted by Gasteiger charge is -2.30. The van der Waals surface area contributed by atoms with E-state index in [1.165, 1.54) is 11.1 Å². The van der Waals surface area contributed by atoms with Gasteiger partial charge in [-0.25, -0.2) is 0 Å². The van der Waals surface area contributed by atoms with Gasteiger partial charge >= 0.3 is 0 Å². The molecule has 2 aliphatic carbocycles. The molecule has 2 atom stereocenters. The highest BCUT2D eigenvalue weighted by atomic mass is 16.3. The van der Waals surface area contributed by atoms with E-state index >= 15 is 0 Å². The van der Waals surface area contributed by atoms with Gasteiger partial charge in [-0.3, -0.25) is 4.98 Å². The first-order chi connectivity index (χ1) is 8.29. The summed E-state index contributed by atoms with van der Waals surface area (Å²) in [5.74, 6) is 0.452. The molecule has 1 heterocycles. The van der Waals surface area contributed by atoms with Crippen LogP contribution < -0.4 is 0 Å². The summed E-state index contributed by atoms with van der Waals surface area (Å²) >= 11 is 0. The lowest BCUT2D eigenvalue weighted by molar-refractivity contribution is 0.0652. The van der Waals surface area contributed by atoms with Crippen molar-refractivity contribution in [1.29, 1.82) is 0 Å². The number of benzene rings is 1. The molecule has 0 saturated heterocycles. The lowest BCUT2D eigenvalue weighted by Crippen LogP contribution is -2.30. The molecule has 0 radical (unpaired) electrons. The topological polar surface area (TPSA) is 33.1 Å². The Morgan fingerprint density at radius 2 is 2.06 bits per heavy atom. The van der Waals surface area contributed by atoms with Crippen LogP contribution in [-0.4, -0.2) is 10.1 Å². The van der Waals surface area contributed by atoms with Crippen molar-refractivity contribution in [2.45, 2.75) is 24.4 Å². The van der Waals surface area contributed by atoms with Crippen LogP contribution >= 0.6 is 0 Å². The smallest absolute Gasteiger partial charge is 0.133 e. The molecule has 0 spiro atoms. The van der Waals surface area contributed by atoms with Crippen LogP contribution in [0.4, 0.5) is 0 Å². The average Bonchev–Trinajstić information content (AvgIpc) is 2.61. The molecule has 2 bridgehead atoms. The summed E-state index contributed by atoms with van der Waals surface area (Å²) in [5, 5.41) is 11.0. The molecular weight excluding hydrogens is 210 g/mol. The molecule has 0 fully saturated rings. The summed E-state index contributed by atoms with van der Waals surface area (Å²) in [5.41, 5.74) is 3.56. The fourth-order valence-electron chi connectivity index (χ4n) is 3.45. The van der Waals surface area contributed by atoms with Gasteiger partial charge in [0.1, 0.15) is 5.60 Å². The molecule has 1 N–H and O–H groups in total. The monoisotopic (exact) mass is 223 g/mol. The van der Waals surface area contributed by atoms with E-state index < -0.39 is 5.60 Å². The highest BCUT2D eigenvalue weighted by Gasteiger charge is 2.48. The molecule has 4 rings (SSSR count). The quantitative estimate of drug-likeness (QED) is 0.743. The Kier molecular flexibility index (Phi) is 1.63. The summed E-state index contributed by atoms with van der Waals surface area (Å²) in [7, 11) is 0. The van der Waals surface area contributed by atoms with Crippen LogP contribution in [0.25, 0.3) is 0 Å². The molecule has 2 aromatic rings. The number of pyridine rings is 1. The van der Waals surface area contributed by atoms with Crippen molar-refractivity contribution in [2.75, 3.05) is 0 Å². The highest BCUT2D eigenvalue weighted by molar-refractivity contribution is 5.51. The van der Waals surface area contributed by atoms with Gasteiger partial charge in [-0.1, -0.05) is 30.3 Å². The van der Waals surface area contributed by atoms with Crippen LogP contribution in [0.15, 0.2) is 42.6 Å². The normalized spacial score (nSPS) is 28.6. The van der Waals surface area contributed by atoms with Crippen LogP contribution in [0.1, 0.15) is 34.7 Å². The maximum absolute atomic E-state index is 11.0. The van der Waals surface area contributed by atoms with E-state index in [9.17, 15) is 5.11 Å². The van der Waals surface area contributed by atoms with Crippen LogP contribution in [0.2, 0.25) is 0 Å². The zero-order valence-corrected chi connectivity index (χ0v) is 9.43. The van der Waals surface area contributed by atoms with Crippen molar-refractivity contribution in [3.63, 3.8) is 0 Å². The molecule has 1 aromatic heterocycles. The Labute approximate surface area is 100.0 Å². The van der Waals surface area contributed by atoms with Crippen molar-refractivity contribution >= 4 is 0 Å². The molecule has 0 saturated carbocycles. The van der Waals surface area contributed by atoms with Gasteiger partial charge in [0, 0.05) is 6.20 Å². The number of aliphatic hydroxyl groups is 1. The third-order valence-corrected chi connectivity index (χ3v) is 4.14. The molecular formula is C15H13NO. The van der Waals surface area contributed by atoms with Crippen molar-refractivity contribution in [1.82, 2.24) is 4.98 Å². The van der Waals surface area contributed by atoms with Gasteiger partial charge in [-0.15, -0.1) is 0 Å². The number of fused-ring (bicyclic) bond motifs is 7. The van der Waals surface area contributed by atoms with Crippen LogP contribution in [0, 0.1) is 0 Å². The third-order valence-electron chi connectivity index (χ3n) is 4.14. The Hall–Kier alpha value is -1.67. The maximum Gasteiger partial charge on any atom is 0.133 e. The molecule has 0 unspecified atom stereocenters. The number of hydrogen-bond acceptors (Lipinski definition) is 2. The van der Waals surface area contributed by atoms with Crippen LogP contribution in [0.3, 0.4) is 0 Å². The van der Waals surface area contributed by atoms with Gasteiger partial charge in [-0.05, 0) is 41.5 Å². The summed E-state index contributed by atoms with van der Waals surface area (Å²) in [6.45, 7) is 0. The van der Waals surface area contributed by atoms with Gasteiger partial charge in [0.15, 0.2) is 0 Å². The molecule has 0 aliphatic heterocycles. The zero-order chi connectivity index (χ0) is 11.5.